The van der Waals surface area contributed by atoms with E-state index < -0.39 is 0 Å². The van der Waals surface area contributed by atoms with Crippen molar-refractivity contribution >= 4 is 43.4 Å². The summed E-state index contributed by atoms with van der Waals surface area (Å²) in [6.07, 6.45) is 4.91. The maximum Gasteiger partial charge on any atom is 0.129 e. The van der Waals surface area contributed by atoms with Gasteiger partial charge in [-0.05, 0) is 74.2 Å². The molecular formula is C40H38IrN2OS-2. The van der Waals surface area contributed by atoms with Crippen LogP contribution in [0.25, 0.3) is 54.5 Å². The fraction of sp³-hybridized carbons (Fsp3) is 0.250. The van der Waals surface area contributed by atoms with E-state index in [9.17, 15) is 0 Å². The minimum atomic E-state index is 0. The zero-order valence-electron chi connectivity index (χ0n) is 27.2. The summed E-state index contributed by atoms with van der Waals surface area (Å²) < 4.78 is 7.74. The van der Waals surface area contributed by atoms with Gasteiger partial charge in [-0.2, -0.15) is 0 Å². The zero-order valence-corrected chi connectivity index (χ0v) is 30.4. The number of nitrogens with zero attached hydrogens (tertiary/aromatic N) is 2. The van der Waals surface area contributed by atoms with Gasteiger partial charge in [0.15, 0.2) is 0 Å². The quantitative estimate of drug-likeness (QED) is 0.168. The van der Waals surface area contributed by atoms with Crippen LogP contribution in [0.2, 0.25) is 0 Å². The van der Waals surface area contributed by atoms with Gasteiger partial charge in [0, 0.05) is 52.8 Å². The van der Waals surface area contributed by atoms with Crippen molar-refractivity contribution in [3.8, 4) is 22.5 Å². The van der Waals surface area contributed by atoms with Gasteiger partial charge in [-0.25, -0.2) is 0 Å². The summed E-state index contributed by atoms with van der Waals surface area (Å²) in [7, 11) is 0. The van der Waals surface area contributed by atoms with E-state index in [1.165, 1.54) is 42.8 Å². The van der Waals surface area contributed by atoms with Crippen molar-refractivity contribution in [2.45, 2.75) is 61.8 Å². The molecule has 4 aromatic heterocycles. The van der Waals surface area contributed by atoms with Gasteiger partial charge in [-0.15, -0.1) is 64.9 Å². The molecule has 0 N–H and O–H groups in total. The minimum absolute atomic E-state index is 0. The average molecular weight is 787 g/mol. The van der Waals surface area contributed by atoms with Crippen LogP contribution in [0.15, 0.2) is 77.5 Å². The molecule has 0 saturated heterocycles. The minimum Gasteiger partial charge on any atom is -0.500 e. The van der Waals surface area contributed by atoms with E-state index in [1.807, 2.05) is 24.5 Å². The monoisotopic (exact) mass is 787 g/mol. The Hall–Kier alpha value is -3.63. The molecule has 0 bridgehead atoms. The third-order valence-corrected chi connectivity index (χ3v) is 9.04. The number of hydrogen-bond acceptors (Lipinski definition) is 4. The molecule has 3 aromatic carbocycles. The molecule has 7 aromatic rings. The maximum atomic E-state index is 6.47. The van der Waals surface area contributed by atoms with E-state index in [0.29, 0.717) is 0 Å². The van der Waals surface area contributed by atoms with Gasteiger partial charge >= 0.3 is 0 Å². The number of rotatable bonds is 3. The fourth-order valence-electron chi connectivity index (χ4n) is 5.53. The van der Waals surface area contributed by atoms with Gasteiger partial charge < -0.3 is 14.4 Å². The molecule has 0 amide bonds. The van der Waals surface area contributed by atoms with E-state index in [4.69, 9.17) is 9.40 Å². The topological polar surface area (TPSA) is 38.9 Å². The van der Waals surface area contributed by atoms with Crippen molar-refractivity contribution in [1.82, 2.24) is 9.97 Å². The van der Waals surface area contributed by atoms with Gasteiger partial charge in [0.25, 0.3) is 0 Å². The van der Waals surface area contributed by atoms with Crippen molar-refractivity contribution in [3.05, 3.63) is 118 Å². The number of furan rings is 1. The first-order valence-corrected chi connectivity index (χ1v) is 15.9. The summed E-state index contributed by atoms with van der Waals surface area (Å²) in [5, 5.41) is 3.47. The summed E-state index contributed by atoms with van der Waals surface area (Å²) in [6, 6.07) is 27.8. The number of fused-ring (bicyclic) bond motifs is 5. The molecule has 1 radical (unpaired) electrons. The van der Waals surface area contributed by atoms with E-state index in [1.54, 1.807) is 11.3 Å². The van der Waals surface area contributed by atoms with Crippen LogP contribution in [-0.4, -0.2) is 9.97 Å². The molecule has 5 heteroatoms. The standard InChI is InChI=1S/C26H24NOS.C14H14N.Ir/c1-15-14-27-22(12-17(15)13-26(3,4)5)20-8-6-7-18-19-9-10-23-21(11-16(2)29-23)25(19)28-24(18)20;1-10-4-6-13(7-5-10)14-8-11(2)12(3)9-15-14;/h6-7,9-12,14H,13H2,1-5H3;4-6,8-9H,1-3H3;/q2*-1;. The summed E-state index contributed by atoms with van der Waals surface area (Å²) in [4.78, 5) is 10.4. The van der Waals surface area contributed by atoms with Crippen LogP contribution >= 0.6 is 11.3 Å². The zero-order chi connectivity index (χ0) is 31.2. The number of thiophene rings is 1. The molecule has 45 heavy (non-hydrogen) atoms. The normalized spacial score (nSPS) is 11.5. The molecule has 0 atom stereocenters. The predicted molar refractivity (Wildman–Crippen MR) is 187 cm³/mol. The summed E-state index contributed by atoms with van der Waals surface area (Å²) in [5.41, 5.74) is 12.3. The van der Waals surface area contributed by atoms with Crippen LogP contribution in [-0.2, 0) is 26.5 Å². The van der Waals surface area contributed by atoms with E-state index >= 15 is 0 Å². The second-order valence-corrected chi connectivity index (χ2v) is 14.4. The SMILES string of the molecule is Cc1c[c-]c(-c2cc(C)c(C)cn2)cc1.Cc1cc2c(ccc3c4cc[c-]c(-c5cc(CC(C)(C)C)c(C)cn5)c4oc23)s1.[Ir]. The third kappa shape index (κ3) is 6.97. The van der Waals surface area contributed by atoms with Gasteiger partial charge in [0.2, 0.25) is 0 Å². The molecule has 3 nitrogen and oxygen atoms in total. The molecule has 0 aliphatic heterocycles. The molecule has 4 heterocycles. The fourth-order valence-corrected chi connectivity index (χ4v) is 6.45. The summed E-state index contributed by atoms with van der Waals surface area (Å²) >= 11 is 1.81. The van der Waals surface area contributed by atoms with Crippen LogP contribution < -0.4 is 0 Å². The Kier molecular flexibility index (Phi) is 9.46. The Morgan fingerprint density at radius 2 is 1.47 bits per heavy atom. The van der Waals surface area contributed by atoms with Crippen LogP contribution in [0.3, 0.4) is 0 Å². The summed E-state index contributed by atoms with van der Waals surface area (Å²) in [6.45, 7) is 17.3. The average Bonchev–Trinajstić information content (AvgIpc) is 3.55. The number of hydrogen-bond donors (Lipinski definition) is 0. The number of aryl methyl sites for hydroxylation is 5. The van der Waals surface area contributed by atoms with Crippen LogP contribution in [0, 0.1) is 52.2 Å². The van der Waals surface area contributed by atoms with Gasteiger partial charge in [-0.1, -0.05) is 68.0 Å². The molecule has 0 aliphatic rings. The molecular weight excluding hydrogens is 749 g/mol. The van der Waals surface area contributed by atoms with Crippen LogP contribution in [0.4, 0.5) is 0 Å². The second-order valence-electron chi connectivity index (χ2n) is 13.1. The Morgan fingerprint density at radius 1 is 0.733 bits per heavy atom. The molecule has 0 spiro atoms. The van der Waals surface area contributed by atoms with Crippen LogP contribution in [0.1, 0.15) is 53.5 Å². The molecule has 0 fully saturated rings. The molecule has 0 saturated carbocycles. The van der Waals surface area contributed by atoms with E-state index in [2.05, 4.69) is 121 Å². The predicted octanol–water partition coefficient (Wildman–Crippen LogP) is 11.3. The number of benzene rings is 3. The Morgan fingerprint density at radius 3 is 2.18 bits per heavy atom. The van der Waals surface area contributed by atoms with Gasteiger partial charge in [0.05, 0.1) is 5.58 Å². The number of aromatic nitrogens is 2. The van der Waals surface area contributed by atoms with Gasteiger partial charge in [-0.3, -0.25) is 0 Å². The second kappa shape index (κ2) is 13.0. The third-order valence-electron chi connectivity index (χ3n) is 8.03. The molecule has 0 aliphatic carbocycles. The maximum absolute atomic E-state index is 6.47. The molecule has 7 rings (SSSR count). The largest absolute Gasteiger partial charge is 0.500 e. The Balaban J connectivity index is 0.000000212. The van der Waals surface area contributed by atoms with Crippen molar-refractivity contribution in [2.24, 2.45) is 5.41 Å². The first-order chi connectivity index (χ1) is 21.0. The first kappa shape index (κ1) is 32.8. The van der Waals surface area contributed by atoms with Crippen molar-refractivity contribution < 1.29 is 24.5 Å². The number of pyridine rings is 2. The van der Waals surface area contributed by atoms with Crippen molar-refractivity contribution in [1.29, 1.82) is 0 Å². The van der Waals surface area contributed by atoms with Crippen LogP contribution in [0.5, 0.6) is 0 Å². The molecule has 0 unspecified atom stereocenters. The summed E-state index contributed by atoms with van der Waals surface area (Å²) in [5.74, 6) is 0. The first-order valence-electron chi connectivity index (χ1n) is 15.1. The smallest absolute Gasteiger partial charge is 0.129 e. The van der Waals surface area contributed by atoms with E-state index in [0.717, 1.165) is 50.9 Å². The van der Waals surface area contributed by atoms with E-state index in [-0.39, 0.29) is 25.5 Å². The Labute approximate surface area is 284 Å². The van der Waals surface area contributed by atoms with Crippen molar-refractivity contribution in [2.75, 3.05) is 0 Å². The Bertz CT molecular complexity index is 2130. The van der Waals surface area contributed by atoms with Gasteiger partial charge in [0.1, 0.15) is 5.58 Å². The molecule has 231 valence electrons. The van der Waals surface area contributed by atoms with Crippen molar-refractivity contribution in [3.63, 3.8) is 0 Å².